The number of nitrogens with zero attached hydrogens (tertiary/aromatic N) is 3. The predicted molar refractivity (Wildman–Crippen MR) is 108 cm³/mol. The molecule has 0 unspecified atom stereocenters. The molecule has 29 heavy (non-hydrogen) atoms. The summed E-state index contributed by atoms with van der Waals surface area (Å²) in [6.45, 7) is 3.56. The molecule has 1 heterocycles. The van der Waals surface area contributed by atoms with Crippen molar-refractivity contribution in [2.45, 2.75) is 25.3 Å². The van der Waals surface area contributed by atoms with E-state index < -0.39 is 27.2 Å². The van der Waals surface area contributed by atoms with Crippen LogP contribution in [0.1, 0.15) is 29.9 Å². The van der Waals surface area contributed by atoms with Crippen molar-refractivity contribution in [2.24, 2.45) is 14.1 Å². The Hall–Kier alpha value is -2.43. The fourth-order valence-electron chi connectivity index (χ4n) is 2.67. The first kappa shape index (κ1) is 22.9. The van der Waals surface area contributed by atoms with Crippen LogP contribution in [0.3, 0.4) is 0 Å². The van der Waals surface area contributed by atoms with Crippen molar-refractivity contribution in [1.82, 2.24) is 13.4 Å². The number of hydrogen-bond acceptors (Lipinski definition) is 6. The van der Waals surface area contributed by atoms with Gasteiger partial charge in [0.2, 0.25) is 10.0 Å². The maximum Gasteiger partial charge on any atom is 0.338 e. The minimum absolute atomic E-state index is 0.0117. The summed E-state index contributed by atoms with van der Waals surface area (Å²) < 4.78 is 34.0. The first-order chi connectivity index (χ1) is 13.5. The van der Waals surface area contributed by atoms with Gasteiger partial charge in [0.05, 0.1) is 16.3 Å². The number of esters is 1. The summed E-state index contributed by atoms with van der Waals surface area (Å²) in [6.07, 6.45) is 0. The van der Waals surface area contributed by atoms with E-state index in [1.807, 2.05) is 0 Å². The van der Waals surface area contributed by atoms with E-state index in [1.54, 1.807) is 13.8 Å². The van der Waals surface area contributed by atoms with Gasteiger partial charge in [-0.15, -0.1) is 0 Å². The average Bonchev–Trinajstić information content (AvgIpc) is 2.68. The number of aromatic nitrogens is 2. The third kappa shape index (κ3) is 4.60. The second-order valence-electron chi connectivity index (χ2n) is 6.19. The van der Waals surface area contributed by atoms with Crippen LogP contribution in [0.5, 0.6) is 0 Å². The molecule has 0 N–H and O–H groups in total. The Balaban J connectivity index is 2.32. The molecule has 11 heteroatoms. The average molecular weight is 444 g/mol. The zero-order valence-corrected chi connectivity index (χ0v) is 18.1. The Morgan fingerprint density at radius 2 is 1.72 bits per heavy atom. The van der Waals surface area contributed by atoms with Crippen molar-refractivity contribution < 1.29 is 17.9 Å². The van der Waals surface area contributed by atoms with Gasteiger partial charge in [-0.2, -0.15) is 4.31 Å². The van der Waals surface area contributed by atoms with E-state index in [0.717, 1.165) is 10.6 Å². The summed E-state index contributed by atoms with van der Waals surface area (Å²) in [5.41, 5.74) is -0.897. The molecule has 0 radical (unpaired) electrons. The number of rotatable bonds is 7. The van der Waals surface area contributed by atoms with Crippen molar-refractivity contribution >= 4 is 27.6 Å². The lowest BCUT2D eigenvalue weighted by Crippen LogP contribution is -2.38. The number of ether oxygens (including phenoxy) is 1. The highest BCUT2D eigenvalue weighted by Gasteiger charge is 2.26. The molecule has 9 nitrogen and oxygen atoms in total. The van der Waals surface area contributed by atoms with Gasteiger partial charge in [0.25, 0.3) is 5.56 Å². The van der Waals surface area contributed by atoms with E-state index in [0.29, 0.717) is 0 Å². The molecular formula is C18H22ClN3O6S. The maximum atomic E-state index is 12.7. The smallest absolute Gasteiger partial charge is 0.338 e. The molecule has 0 aliphatic rings. The van der Waals surface area contributed by atoms with Gasteiger partial charge >= 0.3 is 11.7 Å². The Kier molecular flexibility index (Phi) is 7.04. The summed E-state index contributed by atoms with van der Waals surface area (Å²) in [5.74, 6) is -0.814. The Labute approximate surface area is 173 Å². The van der Waals surface area contributed by atoms with E-state index >= 15 is 0 Å². The van der Waals surface area contributed by atoms with Crippen molar-refractivity contribution in [3.8, 4) is 0 Å². The molecule has 0 bridgehead atoms. The molecule has 0 spiro atoms. The summed E-state index contributed by atoms with van der Waals surface area (Å²) in [5, 5.41) is -0.0117. The molecule has 2 rings (SSSR count). The fraction of sp³-hybridized carbons (Fsp3) is 0.389. The Morgan fingerprint density at radius 3 is 2.31 bits per heavy atom. The number of halogens is 1. The number of benzene rings is 1. The van der Waals surface area contributed by atoms with E-state index in [1.165, 1.54) is 41.2 Å². The Bertz CT molecular complexity index is 1150. The molecule has 0 aliphatic carbocycles. The van der Waals surface area contributed by atoms with Gasteiger partial charge in [0.1, 0.15) is 11.5 Å². The van der Waals surface area contributed by atoms with E-state index in [2.05, 4.69) is 0 Å². The highest BCUT2D eigenvalue weighted by Crippen LogP contribution is 2.26. The number of sulfonamides is 1. The molecule has 2 aromatic rings. The van der Waals surface area contributed by atoms with Crippen LogP contribution >= 0.6 is 11.6 Å². The van der Waals surface area contributed by atoms with Crippen LogP contribution in [0.2, 0.25) is 5.02 Å². The minimum atomic E-state index is -3.87. The summed E-state index contributed by atoms with van der Waals surface area (Å²) in [6, 6.07) is 4.99. The second kappa shape index (κ2) is 8.93. The number of hydrogen-bond donors (Lipinski definition) is 0. The zero-order valence-electron chi connectivity index (χ0n) is 16.5. The third-order valence-corrected chi connectivity index (χ3v) is 7.00. The largest absolute Gasteiger partial charge is 0.456 e. The molecule has 0 atom stereocenters. The normalized spacial score (nSPS) is 11.7. The molecule has 0 fully saturated rings. The van der Waals surface area contributed by atoms with E-state index in [-0.39, 0.29) is 40.9 Å². The van der Waals surface area contributed by atoms with Gasteiger partial charge in [-0.05, 0) is 18.2 Å². The topological polar surface area (TPSA) is 108 Å². The second-order valence-corrected chi connectivity index (χ2v) is 8.50. The lowest BCUT2D eigenvalue weighted by atomic mass is 10.2. The van der Waals surface area contributed by atoms with Gasteiger partial charge in [-0.1, -0.05) is 25.4 Å². The monoisotopic (exact) mass is 443 g/mol. The lowest BCUT2D eigenvalue weighted by Gasteiger charge is -2.19. The molecule has 0 amide bonds. The van der Waals surface area contributed by atoms with Crippen LogP contribution in [0, 0.1) is 0 Å². The molecule has 0 saturated heterocycles. The van der Waals surface area contributed by atoms with Crippen LogP contribution < -0.4 is 11.2 Å². The molecule has 1 aromatic carbocycles. The molecule has 158 valence electrons. The van der Waals surface area contributed by atoms with Crippen molar-refractivity contribution in [1.29, 1.82) is 0 Å². The van der Waals surface area contributed by atoms with Crippen LogP contribution in [-0.2, 0) is 35.5 Å². The van der Waals surface area contributed by atoms with Crippen LogP contribution in [-0.4, -0.2) is 40.9 Å². The quantitative estimate of drug-likeness (QED) is 0.593. The van der Waals surface area contributed by atoms with Crippen LogP contribution in [0.15, 0.2) is 38.8 Å². The number of carbonyl (C=O) groups is 1. The standard InChI is InChI=1S/C18H22ClN3O6S/c1-5-22(6-2)29(26,27)15-9-12(7-8-14(15)19)17(24)28-11-13-10-16(23)21(4)18(25)20(13)3/h7-10H,5-6,11H2,1-4H3. The van der Waals surface area contributed by atoms with Crippen LogP contribution in [0.4, 0.5) is 0 Å². The maximum absolute atomic E-state index is 12.7. The zero-order chi connectivity index (χ0) is 21.9. The van der Waals surface area contributed by atoms with Gasteiger partial charge in [-0.25, -0.2) is 18.0 Å². The predicted octanol–water partition coefficient (Wildman–Crippen LogP) is 1.12. The summed E-state index contributed by atoms with van der Waals surface area (Å²) in [4.78, 5) is 35.9. The lowest BCUT2D eigenvalue weighted by molar-refractivity contribution is 0.0462. The number of carbonyl (C=O) groups excluding carboxylic acids is 1. The highest BCUT2D eigenvalue weighted by atomic mass is 35.5. The SMILES string of the molecule is CCN(CC)S(=O)(=O)c1cc(C(=O)OCc2cc(=O)n(C)c(=O)n2C)ccc1Cl. The molecule has 0 aliphatic heterocycles. The van der Waals surface area contributed by atoms with E-state index in [4.69, 9.17) is 16.3 Å². The Morgan fingerprint density at radius 1 is 1.10 bits per heavy atom. The van der Waals surface area contributed by atoms with Crippen LogP contribution in [0.25, 0.3) is 0 Å². The van der Waals surface area contributed by atoms with Crippen molar-refractivity contribution in [3.05, 3.63) is 61.4 Å². The molecular weight excluding hydrogens is 422 g/mol. The summed E-state index contributed by atoms with van der Waals surface area (Å²) in [7, 11) is -1.09. The first-order valence-electron chi connectivity index (χ1n) is 8.77. The minimum Gasteiger partial charge on any atom is -0.456 e. The third-order valence-electron chi connectivity index (χ3n) is 4.47. The van der Waals surface area contributed by atoms with Gasteiger partial charge in [0.15, 0.2) is 0 Å². The summed E-state index contributed by atoms with van der Waals surface area (Å²) >= 11 is 6.05. The van der Waals surface area contributed by atoms with Gasteiger partial charge in [0, 0.05) is 33.3 Å². The highest BCUT2D eigenvalue weighted by molar-refractivity contribution is 7.89. The van der Waals surface area contributed by atoms with E-state index in [9.17, 15) is 22.8 Å². The molecule has 0 saturated carbocycles. The fourth-order valence-corrected chi connectivity index (χ4v) is 4.63. The first-order valence-corrected chi connectivity index (χ1v) is 10.6. The van der Waals surface area contributed by atoms with Gasteiger partial charge < -0.3 is 4.74 Å². The molecule has 1 aromatic heterocycles. The van der Waals surface area contributed by atoms with Crippen molar-refractivity contribution in [3.63, 3.8) is 0 Å². The van der Waals surface area contributed by atoms with Crippen molar-refractivity contribution in [2.75, 3.05) is 13.1 Å². The van der Waals surface area contributed by atoms with Gasteiger partial charge in [-0.3, -0.25) is 13.9 Å².